The lowest BCUT2D eigenvalue weighted by molar-refractivity contribution is 0.355. The highest BCUT2D eigenvalue weighted by atomic mass is 32.1. The largest absolute Gasteiger partial charge is 0.493 e. The van der Waals surface area contributed by atoms with Crippen LogP contribution in [0.1, 0.15) is 44.6 Å². The molecule has 0 aliphatic heterocycles. The Balaban J connectivity index is 1.38. The summed E-state index contributed by atoms with van der Waals surface area (Å²) in [6.07, 6.45) is 8.44. The Hall–Kier alpha value is -2.80. The Labute approximate surface area is 192 Å². The number of nitrogens with zero attached hydrogens (tertiary/aromatic N) is 3. The predicted molar refractivity (Wildman–Crippen MR) is 131 cm³/mol. The Morgan fingerprint density at radius 1 is 1.03 bits per heavy atom. The van der Waals surface area contributed by atoms with Gasteiger partial charge < -0.3 is 19.4 Å². The van der Waals surface area contributed by atoms with Crippen molar-refractivity contribution in [3.63, 3.8) is 0 Å². The molecular formula is C25H30N4O2S. The van der Waals surface area contributed by atoms with Crippen molar-refractivity contribution in [3.05, 3.63) is 42.2 Å². The van der Waals surface area contributed by atoms with E-state index in [2.05, 4.69) is 40.0 Å². The number of rotatable bonds is 6. The number of benzene rings is 2. The summed E-state index contributed by atoms with van der Waals surface area (Å²) < 4.78 is 14.2. The first-order valence-electron chi connectivity index (χ1n) is 11.4. The van der Waals surface area contributed by atoms with Gasteiger partial charge in [-0.2, -0.15) is 0 Å². The minimum absolute atomic E-state index is 0.529. The van der Waals surface area contributed by atoms with Gasteiger partial charge in [0.25, 0.3) is 0 Å². The minimum Gasteiger partial charge on any atom is -0.493 e. The van der Waals surface area contributed by atoms with Crippen LogP contribution in [0, 0.1) is 5.92 Å². The van der Waals surface area contributed by atoms with E-state index < -0.39 is 0 Å². The second kappa shape index (κ2) is 8.98. The van der Waals surface area contributed by atoms with E-state index in [1.54, 1.807) is 25.6 Å². The van der Waals surface area contributed by atoms with Gasteiger partial charge in [-0.25, -0.2) is 9.97 Å². The van der Waals surface area contributed by atoms with E-state index in [0.717, 1.165) is 28.2 Å². The first-order valence-corrected chi connectivity index (χ1v) is 12.2. The van der Waals surface area contributed by atoms with Gasteiger partial charge >= 0.3 is 0 Å². The third-order valence-corrected chi connectivity index (χ3v) is 7.55. The van der Waals surface area contributed by atoms with Crippen LogP contribution in [0.3, 0.4) is 0 Å². The Bertz CT molecular complexity index is 1230. The molecule has 1 unspecified atom stereocenters. The molecule has 4 aromatic rings. The number of aromatic nitrogens is 3. The molecule has 6 nitrogen and oxygen atoms in total. The van der Waals surface area contributed by atoms with Gasteiger partial charge in [-0.15, -0.1) is 0 Å². The maximum atomic E-state index is 5.48. The van der Waals surface area contributed by atoms with Crippen LogP contribution < -0.4 is 14.8 Å². The smallest absolute Gasteiger partial charge is 0.184 e. The van der Waals surface area contributed by atoms with Crippen LogP contribution in [0.15, 0.2) is 36.7 Å². The van der Waals surface area contributed by atoms with Crippen LogP contribution in [0.4, 0.5) is 5.13 Å². The van der Waals surface area contributed by atoms with E-state index in [0.29, 0.717) is 23.5 Å². The first kappa shape index (κ1) is 21.1. The molecule has 1 aliphatic rings. The summed E-state index contributed by atoms with van der Waals surface area (Å²) in [5, 5.41) is 4.78. The summed E-state index contributed by atoms with van der Waals surface area (Å²) in [4.78, 5) is 9.41. The summed E-state index contributed by atoms with van der Waals surface area (Å²) in [6.45, 7) is 3.11. The SMILES string of the molecule is COc1cc2ncn(Cc3ccc4nc(NC5CCCCC[C@@H]5C)sc4c3)c2cc1OC. The Morgan fingerprint density at radius 3 is 2.69 bits per heavy atom. The lowest BCUT2D eigenvalue weighted by Gasteiger charge is -2.22. The maximum absolute atomic E-state index is 5.48. The zero-order valence-corrected chi connectivity index (χ0v) is 19.7. The zero-order chi connectivity index (χ0) is 22.1. The fraction of sp³-hybridized carbons (Fsp3) is 0.440. The number of ether oxygens (including phenoxy) is 2. The van der Waals surface area contributed by atoms with Crippen LogP contribution in [-0.4, -0.2) is 34.8 Å². The van der Waals surface area contributed by atoms with Gasteiger partial charge in [-0.05, 0) is 36.5 Å². The molecule has 32 heavy (non-hydrogen) atoms. The first-order chi connectivity index (χ1) is 15.6. The van der Waals surface area contributed by atoms with E-state index in [-0.39, 0.29) is 0 Å². The average molecular weight is 451 g/mol. The number of fused-ring (bicyclic) bond motifs is 2. The van der Waals surface area contributed by atoms with Crippen molar-refractivity contribution in [1.82, 2.24) is 14.5 Å². The van der Waals surface area contributed by atoms with Crippen molar-refractivity contribution in [2.45, 2.75) is 51.6 Å². The number of methoxy groups -OCH3 is 2. The molecule has 5 rings (SSSR count). The van der Waals surface area contributed by atoms with Gasteiger partial charge in [0.2, 0.25) is 0 Å². The molecule has 7 heteroatoms. The number of hydrogen-bond donors (Lipinski definition) is 1. The quantitative estimate of drug-likeness (QED) is 0.360. The Kier molecular flexibility index (Phi) is 5.91. The van der Waals surface area contributed by atoms with E-state index in [1.807, 2.05) is 18.5 Å². The molecule has 168 valence electrons. The highest BCUT2D eigenvalue weighted by Crippen LogP contribution is 2.33. The summed E-state index contributed by atoms with van der Waals surface area (Å²) >= 11 is 1.76. The van der Waals surface area contributed by atoms with Gasteiger partial charge in [-0.1, -0.05) is 43.6 Å². The van der Waals surface area contributed by atoms with Crippen molar-refractivity contribution in [3.8, 4) is 11.5 Å². The van der Waals surface area contributed by atoms with Crippen molar-refractivity contribution in [1.29, 1.82) is 0 Å². The number of hydrogen-bond acceptors (Lipinski definition) is 6. The van der Waals surface area contributed by atoms with E-state index in [1.165, 1.54) is 42.4 Å². The molecule has 2 aromatic heterocycles. The monoisotopic (exact) mass is 450 g/mol. The molecule has 0 saturated heterocycles. The van der Waals surface area contributed by atoms with Gasteiger partial charge in [0.15, 0.2) is 16.6 Å². The number of thiazole rings is 1. The molecule has 1 N–H and O–H groups in total. The van der Waals surface area contributed by atoms with E-state index in [4.69, 9.17) is 14.5 Å². The second-order valence-electron chi connectivity index (χ2n) is 8.76. The lowest BCUT2D eigenvalue weighted by atomic mass is 9.97. The molecule has 0 radical (unpaired) electrons. The molecule has 2 heterocycles. The highest BCUT2D eigenvalue weighted by Gasteiger charge is 2.21. The molecule has 1 saturated carbocycles. The van der Waals surface area contributed by atoms with Gasteiger partial charge in [0.1, 0.15) is 0 Å². The number of imidazole rings is 1. The number of anilines is 1. The molecule has 0 bridgehead atoms. The molecule has 2 atom stereocenters. The topological polar surface area (TPSA) is 61.2 Å². The summed E-state index contributed by atoms with van der Waals surface area (Å²) in [6, 6.07) is 11.0. The average Bonchev–Trinajstić information content (AvgIpc) is 3.32. The zero-order valence-electron chi connectivity index (χ0n) is 18.9. The van der Waals surface area contributed by atoms with Crippen molar-refractivity contribution >= 4 is 37.7 Å². The highest BCUT2D eigenvalue weighted by molar-refractivity contribution is 7.22. The van der Waals surface area contributed by atoms with E-state index in [9.17, 15) is 0 Å². The third kappa shape index (κ3) is 4.13. The van der Waals surface area contributed by atoms with Crippen LogP contribution in [0.25, 0.3) is 21.3 Å². The second-order valence-corrected chi connectivity index (χ2v) is 9.79. The summed E-state index contributed by atoms with van der Waals surface area (Å²) in [7, 11) is 3.30. The van der Waals surface area contributed by atoms with Crippen LogP contribution in [-0.2, 0) is 6.54 Å². The van der Waals surface area contributed by atoms with Gasteiger partial charge in [0, 0.05) is 24.7 Å². The summed E-state index contributed by atoms with van der Waals surface area (Å²) in [5.41, 5.74) is 4.20. The van der Waals surface area contributed by atoms with Crippen molar-refractivity contribution in [2.75, 3.05) is 19.5 Å². The predicted octanol–water partition coefficient (Wildman–Crippen LogP) is 6.09. The van der Waals surface area contributed by atoms with Gasteiger partial charge in [-0.3, -0.25) is 0 Å². The lowest BCUT2D eigenvalue weighted by Crippen LogP contribution is -2.26. The standard InChI is InChI=1S/C25H30N4O2S/c1-16-7-5-4-6-8-18(16)27-25-28-19-10-9-17(11-24(19)32-25)14-29-15-26-20-12-22(30-2)23(31-3)13-21(20)29/h9-13,15-16,18H,4-8,14H2,1-3H3,(H,27,28)/t16-,18?/m0/s1. The summed E-state index contributed by atoms with van der Waals surface area (Å²) in [5.74, 6) is 2.10. The normalized spacial score (nSPS) is 19.2. The third-order valence-electron chi connectivity index (χ3n) is 6.60. The minimum atomic E-state index is 0.529. The number of nitrogens with one attached hydrogen (secondary N) is 1. The van der Waals surface area contributed by atoms with Crippen LogP contribution >= 0.6 is 11.3 Å². The molecule has 1 fully saturated rings. The van der Waals surface area contributed by atoms with Crippen molar-refractivity contribution < 1.29 is 9.47 Å². The van der Waals surface area contributed by atoms with Crippen LogP contribution in [0.5, 0.6) is 11.5 Å². The van der Waals surface area contributed by atoms with E-state index >= 15 is 0 Å². The van der Waals surface area contributed by atoms with Gasteiger partial charge in [0.05, 0.1) is 41.8 Å². The molecule has 2 aromatic carbocycles. The fourth-order valence-electron chi connectivity index (χ4n) is 4.70. The van der Waals surface area contributed by atoms with Crippen molar-refractivity contribution in [2.24, 2.45) is 5.92 Å². The molecule has 1 aliphatic carbocycles. The van der Waals surface area contributed by atoms with Crippen LogP contribution in [0.2, 0.25) is 0 Å². The molecule has 0 amide bonds. The maximum Gasteiger partial charge on any atom is 0.184 e. The fourth-order valence-corrected chi connectivity index (χ4v) is 5.69. The molecule has 0 spiro atoms. The molecular weight excluding hydrogens is 420 g/mol. The Morgan fingerprint density at radius 2 is 1.84 bits per heavy atom.